The molecular formula is C20H23NO6S. The van der Waals surface area contributed by atoms with Crippen molar-refractivity contribution in [3.05, 3.63) is 60.2 Å². The van der Waals surface area contributed by atoms with Crippen molar-refractivity contribution in [1.82, 2.24) is 4.31 Å². The van der Waals surface area contributed by atoms with E-state index in [-0.39, 0.29) is 24.3 Å². The van der Waals surface area contributed by atoms with Crippen LogP contribution in [0.15, 0.2) is 59.5 Å². The summed E-state index contributed by atoms with van der Waals surface area (Å²) in [7, 11) is -4.07. The number of β-amino-alcohol motifs (C(OH)–C–C–N with tert-alkyl or cyclic N) is 1. The lowest BCUT2D eigenvalue weighted by Gasteiger charge is -2.39. The van der Waals surface area contributed by atoms with Crippen LogP contribution in [0.4, 0.5) is 0 Å². The molecule has 1 fully saturated rings. The first kappa shape index (κ1) is 20.3. The molecule has 2 aromatic rings. The second kappa shape index (κ2) is 7.90. The van der Waals surface area contributed by atoms with E-state index < -0.39 is 27.6 Å². The average Bonchev–Trinajstić information content (AvgIpc) is 2.66. The molecule has 0 saturated carbocycles. The molecule has 0 aliphatic carbocycles. The Bertz CT molecular complexity index is 925. The van der Waals surface area contributed by atoms with Crippen molar-refractivity contribution in [2.75, 3.05) is 6.54 Å². The van der Waals surface area contributed by atoms with E-state index in [1.807, 2.05) is 30.3 Å². The van der Waals surface area contributed by atoms with Crippen LogP contribution in [0, 0.1) is 0 Å². The lowest BCUT2D eigenvalue weighted by molar-refractivity contribution is -0.144. The van der Waals surface area contributed by atoms with Crippen LogP contribution in [-0.4, -0.2) is 47.1 Å². The van der Waals surface area contributed by atoms with Crippen molar-refractivity contribution in [3.8, 4) is 5.75 Å². The van der Waals surface area contributed by atoms with Gasteiger partial charge in [-0.05, 0) is 49.6 Å². The van der Waals surface area contributed by atoms with E-state index in [2.05, 4.69) is 0 Å². The minimum absolute atomic E-state index is 0.0384. The summed E-state index contributed by atoms with van der Waals surface area (Å²) in [6, 6.07) is 14.2. The topological polar surface area (TPSA) is 104 Å². The predicted octanol–water partition coefficient (Wildman–Crippen LogP) is 2.25. The van der Waals surface area contributed by atoms with Gasteiger partial charge in [-0.1, -0.05) is 30.3 Å². The van der Waals surface area contributed by atoms with Crippen molar-refractivity contribution in [2.24, 2.45) is 0 Å². The molecular weight excluding hydrogens is 382 g/mol. The van der Waals surface area contributed by atoms with Crippen molar-refractivity contribution in [1.29, 1.82) is 0 Å². The molecule has 28 heavy (non-hydrogen) atoms. The Morgan fingerprint density at radius 3 is 2.43 bits per heavy atom. The SMILES string of the molecule is C[C@@]1(O)CC[C@H](C(=O)O)N(S(=O)(=O)c2ccc(OCc3ccccc3)cc2)C1. The average molecular weight is 405 g/mol. The highest BCUT2D eigenvalue weighted by Crippen LogP contribution is 2.31. The number of ether oxygens (including phenoxy) is 1. The minimum Gasteiger partial charge on any atom is -0.489 e. The molecule has 1 heterocycles. The standard InChI is InChI=1S/C20H23NO6S/c1-20(24)12-11-18(19(22)23)21(14-20)28(25,26)17-9-7-16(8-10-17)27-13-15-5-3-2-4-6-15/h2-10,18,24H,11-14H2,1H3,(H,22,23)/t18-,20-/m1/s1. The molecule has 1 aliphatic rings. The van der Waals surface area contributed by atoms with Gasteiger partial charge in [-0.2, -0.15) is 4.31 Å². The zero-order valence-electron chi connectivity index (χ0n) is 15.5. The Morgan fingerprint density at radius 2 is 1.82 bits per heavy atom. The Hall–Kier alpha value is -2.42. The first-order valence-electron chi connectivity index (χ1n) is 8.93. The number of carboxylic acid groups (broad SMARTS) is 1. The van der Waals surface area contributed by atoms with Gasteiger partial charge in [-0.15, -0.1) is 0 Å². The third-order valence-corrected chi connectivity index (χ3v) is 6.63. The molecule has 1 saturated heterocycles. The van der Waals surface area contributed by atoms with Gasteiger partial charge in [0, 0.05) is 6.54 Å². The van der Waals surface area contributed by atoms with Gasteiger partial charge in [-0.25, -0.2) is 8.42 Å². The molecule has 150 valence electrons. The number of hydrogen-bond acceptors (Lipinski definition) is 5. The molecule has 0 radical (unpaired) electrons. The Balaban J connectivity index is 1.78. The smallest absolute Gasteiger partial charge is 0.322 e. The van der Waals surface area contributed by atoms with Crippen LogP contribution in [0.5, 0.6) is 5.75 Å². The van der Waals surface area contributed by atoms with Gasteiger partial charge in [0.2, 0.25) is 10.0 Å². The maximum Gasteiger partial charge on any atom is 0.322 e. The molecule has 0 aromatic heterocycles. The van der Waals surface area contributed by atoms with E-state index in [9.17, 15) is 23.4 Å². The van der Waals surface area contributed by atoms with Crippen LogP contribution in [-0.2, 0) is 21.4 Å². The second-order valence-electron chi connectivity index (χ2n) is 7.19. The summed E-state index contributed by atoms with van der Waals surface area (Å²) in [4.78, 5) is 11.5. The van der Waals surface area contributed by atoms with E-state index in [1.165, 1.54) is 31.2 Å². The monoisotopic (exact) mass is 405 g/mol. The van der Waals surface area contributed by atoms with Gasteiger partial charge >= 0.3 is 5.97 Å². The molecule has 8 heteroatoms. The van der Waals surface area contributed by atoms with Crippen molar-refractivity contribution < 1.29 is 28.2 Å². The highest BCUT2D eigenvalue weighted by Gasteiger charge is 2.44. The predicted molar refractivity (Wildman–Crippen MR) is 102 cm³/mol. The van der Waals surface area contributed by atoms with Gasteiger partial charge in [0.25, 0.3) is 0 Å². The van der Waals surface area contributed by atoms with Crippen molar-refractivity contribution in [3.63, 3.8) is 0 Å². The van der Waals surface area contributed by atoms with Crippen LogP contribution >= 0.6 is 0 Å². The summed E-state index contributed by atoms with van der Waals surface area (Å²) in [5, 5.41) is 19.7. The van der Waals surface area contributed by atoms with Crippen LogP contribution in [0.3, 0.4) is 0 Å². The third-order valence-electron chi connectivity index (χ3n) is 4.76. The van der Waals surface area contributed by atoms with E-state index in [4.69, 9.17) is 4.74 Å². The quantitative estimate of drug-likeness (QED) is 0.764. The molecule has 0 unspecified atom stereocenters. The molecule has 2 N–H and O–H groups in total. The van der Waals surface area contributed by atoms with Crippen LogP contribution < -0.4 is 4.74 Å². The fraction of sp³-hybridized carbons (Fsp3) is 0.350. The van der Waals surface area contributed by atoms with Crippen LogP contribution in [0.1, 0.15) is 25.3 Å². The summed E-state index contributed by atoms with van der Waals surface area (Å²) < 4.78 is 32.5. The maximum absolute atomic E-state index is 13.0. The maximum atomic E-state index is 13.0. The second-order valence-corrected chi connectivity index (χ2v) is 9.08. The summed E-state index contributed by atoms with van der Waals surface area (Å²) in [6.45, 7) is 1.59. The number of carboxylic acids is 1. The largest absolute Gasteiger partial charge is 0.489 e. The van der Waals surface area contributed by atoms with E-state index in [0.29, 0.717) is 12.4 Å². The molecule has 0 amide bonds. The molecule has 2 aromatic carbocycles. The Morgan fingerprint density at radius 1 is 1.18 bits per heavy atom. The molecule has 2 atom stereocenters. The third kappa shape index (κ3) is 4.52. The minimum atomic E-state index is -4.07. The Kier molecular flexibility index (Phi) is 5.74. The lowest BCUT2D eigenvalue weighted by atomic mass is 9.92. The fourth-order valence-corrected chi connectivity index (χ4v) is 4.93. The first-order chi connectivity index (χ1) is 13.2. The number of benzene rings is 2. The van der Waals surface area contributed by atoms with Crippen molar-refractivity contribution >= 4 is 16.0 Å². The first-order valence-corrected chi connectivity index (χ1v) is 10.4. The normalized spacial score (nSPS) is 23.3. The van der Waals surface area contributed by atoms with Gasteiger partial charge < -0.3 is 14.9 Å². The number of rotatable bonds is 6. The van der Waals surface area contributed by atoms with Crippen LogP contribution in [0.2, 0.25) is 0 Å². The fourth-order valence-electron chi connectivity index (χ4n) is 3.20. The summed E-state index contributed by atoms with van der Waals surface area (Å²) in [6.07, 6.45) is 0.280. The van der Waals surface area contributed by atoms with Gasteiger partial charge in [0.05, 0.1) is 10.5 Å². The highest BCUT2D eigenvalue weighted by atomic mass is 32.2. The zero-order valence-corrected chi connectivity index (χ0v) is 16.3. The molecule has 0 bridgehead atoms. The zero-order chi connectivity index (χ0) is 20.4. The summed E-state index contributed by atoms with van der Waals surface area (Å²) in [5.74, 6) is -0.717. The van der Waals surface area contributed by atoms with Crippen LogP contribution in [0.25, 0.3) is 0 Å². The summed E-state index contributed by atoms with van der Waals surface area (Å²) in [5.41, 5.74) is -0.281. The van der Waals surface area contributed by atoms with E-state index >= 15 is 0 Å². The number of sulfonamides is 1. The number of nitrogens with zero attached hydrogens (tertiary/aromatic N) is 1. The Labute approximate surface area is 164 Å². The number of aliphatic hydroxyl groups is 1. The van der Waals surface area contributed by atoms with Gasteiger partial charge in [-0.3, -0.25) is 4.79 Å². The van der Waals surface area contributed by atoms with Crippen molar-refractivity contribution in [2.45, 2.75) is 42.9 Å². The summed E-state index contributed by atoms with van der Waals surface area (Å²) >= 11 is 0. The van der Waals surface area contributed by atoms with E-state index in [0.717, 1.165) is 9.87 Å². The highest BCUT2D eigenvalue weighted by molar-refractivity contribution is 7.89. The van der Waals surface area contributed by atoms with E-state index in [1.54, 1.807) is 0 Å². The molecule has 3 rings (SSSR count). The number of hydrogen-bond donors (Lipinski definition) is 2. The number of carbonyl (C=O) groups is 1. The number of aliphatic carboxylic acids is 1. The number of piperidine rings is 1. The molecule has 0 spiro atoms. The molecule has 1 aliphatic heterocycles. The van der Waals surface area contributed by atoms with Gasteiger partial charge in [0.1, 0.15) is 18.4 Å². The lowest BCUT2D eigenvalue weighted by Crippen LogP contribution is -2.56. The van der Waals surface area contributed by atoms with Gasteiger partial charge in [0.15, 0.2) is 0 Å². The molecule has 7 nitrogen and oxygen atoms in total.